The molecule has 1 unspecified atom stereocenters. The van der Waals surface area contributed by atoms with Crippen molar-refractivity contribution in [3.8, 4) is 22.8 Å². The Morgan fingerprint density at radius 3 is 2.57 bits per heavy atom. The maximum atomic E-state index is 12.5. The molecule has 2 N–H and O–H groups in total. The van der Waals surface area contributed by atoms with Crippen LogP contribution in [0, 0.1) is 0 Å². The van der Waals surface area contributed by atoms with Gasteiger partial charge in [0.1, 0.15) is 5.56 Å². The summed E-state index contributed by atoms with van der Waals surface area (Å²) in [4.78, 5) is 24.0. The minimum Gasteiger partial charge on any atom is -0.493 e. The molecule has 1 aliphatic rings. The van der Waals surface area contributed by atoms with E-state index in [9.17, 15) is 23.1 Å². The Bertz CT molecular complexity index is 1220. The molecule has 1 aliphatic heterocycles. The summed E-state index contributed by atoms with van der Waals surface area (Å²) < 4.78 is 38.2. The van der Waals surface area contributed by atoms with Crippen LogP contribution < -0.4 is 19.6 Å². The largest absolute Gasteiger partial charge is 0.493 e. The minimum absolute atomic E-state index is 0.0728. The van der Waals surface area contributed by atoms with Gasteiger partial charge in [-0.25, -0.2) is 17.9 Å². The number of hydrogen-bond acceptors (Lipinski definition) is 6. The number of methoxy groups -OCH3 is 1. The first-order valence-corrected chi connectivity index (χ1v) is 13.8. The first kappa shape index (κ1) is 26.7. The lowest BCUT2D eigenvalue weighted by Crippen LogP contribution is -2.22. The fourth-order valence-electron chi connectivity index (χ4n) is 4.43. The van der Waals surface area contributed by atoms with Gasteiger partial charge in [-0.2, -0.15) is 0 Å². The molecule has 0 bridgehead atoms. The highest BCUT2D eigenvalue weighted by molar-refractivity contribution is 7.88. The third kappa shape index (κ3) is 6.85. The molecule has 0 fully saturated rings. The number of rotatable bonds is 12. The summed E-state index contributed by atoms with van der Waals surface area (Å²) >= 11 is 0. The van der Waals surface area contributed by atoms with E-state index in [1.807, 2.05) is 16.7 Å². The Morgan fingerprint density at radius 2 is 1.91 bits per heavy atom. The Morgan fingerprint density at radius 1 is 1.17 bits per heavy atom. The monoisotopic (exact) mass is 506 g/mol. The second-order valence-electron chi connectivity index (χ2n) is 8.84. The zero-order valence-corrected chi connectivity index (χ0v) is 21.3. The molecule has 2 aromatic rings. The summed E-state index contributed by atoms with van der Waals surface area (Å²) in [7, 11) is -1.58. The van der Waals surface area contributed by atoms with Crippen molar-refractivity contribution in [2.75, 3.05) is 26.5 Å². The molecule has 192 valence electrons. The standard InChI is InChI=1S/C25H34N2O7S/c1-4-18-10-9-17-13-24(34-12-8-6-5-7-11-26-35(3,31)32)23(33-2)14-19(17)21-15-22(28)20(25(29)30)16-27(18)21/h13-16,18,26H,4-12H2,1-3H3,(H,29,30). The van der Waals surface area contributed by atoms with Crippen LogP contribution in [0.4, 0.5) is 0 Å². The number of ether oxygens (including phenoxy) is 2. The van der Waals surface area contributed by atoms with Crippen molar-refractivity contribution in [2.45, 2.75) is 57.9 Å². The van der Waals surface area contributed by atoms with Gasteiger partial charge in [-0.1, -0.05) is 19.8 Å². The summed E-state index contributed by atoms with van der Waals surface area (Å²) in [6, 6.07) is 5.31. The number of hydrogen-bond donors (Lipinski definition) is 2. The van der Waals surface area contributed by atoms with Crippen molar-refractivity contribution >= 4 is 16.0 Å². The van der Waals surface area contributed by atoms with E-state index in [-0.39, 0.29) is 11.6 Å². The van der Waals surface area contributed by atoms with Gasteiger partial charge in [-0.15, -0.1) is 0 Å². The van der Waals surface area contributed by atoms with Crippen LogP contribution >= 0.6 is 0 Å². The molecule has 0 aliphatic carbocycles. The predicted octanol–water partition coefficient (Wildman–Crippen LogP) is 3.61. The molecule has 3 rings (SSSR count). The number of nitrogens with zero attached hydrogens (tertiary/aromatic N) is 1. The molecule has 0 radical (unpaired) electrons. The second-order valence-corrected chi connectivity index (χ2v) is 10.7. The maximum absolute atomic E-state index is 12.5. The van der Waals surface area contributed by atoms with E-state index < -0.39 is 21.4 Å². The Kier molecular flexibility index (Phi) is 8.96. The van der Waals surface area contributed by atoms with Crippen molar-refractivity contribution in [3.63, 3.8) is 0 Å². The van der Waals surface area contributed by atoms with Gasteiger partial charge in [0, 0.05) is 30.4 Å². The van der Waals surface area contributed by atoms with Crippen LogP contribution in [0.15, 0.2) is 29.2 Å². The van der Waals surface area contributed by atoms with Crippen molar-refractivity contribution in [1.29, 1.82) is 0 Å². The van der Waals surface area contributed by atoms with Crippen molar-refractivity contribution in [2.24, 2.45) is 0 Å². The Hall–Kier alpha value is -2.85. The number of carboxylic acids is 1. The van der Waals surface area contributed by atoms with E-state index in [1.165, 1.54) is 12.3 Å². The SMILES string of the molecule is CCC1CCc2cc(OCCCCCCNS(C)(=O)=O)c(OC)cc2-c2cc(=O)c(C(=O)O)cn21. The third-order valence-electron chi connectivity index (χ3n) is 6.28. The highest BCUT2D eigenvalue weighted by Crippen LogP contribution is 2.40. The number of unbranched alkanes of at least 4 members (excludes halogenated alkanes) is 3. The number of aromatic carboxylic acids is 1. The van der Waals surface area contributed by atoms with E-state index >= 15 is 0 Å². The molecule has 0 spiro atoms. The molecule has 0 saturated heterocycles. The lowest BCUT2D eigenvalue weighted by molar-refractivity contribution is 0.0694. The van der Waals surface area contributed by atoms with Gasteiger partial charge in [-0.05, 0) is 49.8 Å². The summed E-state index contributed by atoms with van der Waals surface area (Å²) in [5.74, 6) is -0.0361. The summed E-state index contributed by atoms with van der Waals surface area (Å²) in [5.41, 5.74) is 1.82. The number of nitrogens with one attached hydrogen (secondary N) is 1. The molecular formula is C25H34N2O7S. The van der Waals surface area contributed by atoms with Gasteiger partial charge in [0.25, 0.3) is 0 Å². The lowest BCUT2D eigenvalue weighted by Gasteiger charge is -2.21. The fraction of sp³-hybridized carbons (Fsp3) is 0.520. The fourth-order valence-corrected chi connectivity index (χ4v) is 4.95. The van der Waals surface area contributed by atoms with E-state index in [0.717, 1.165) is 62.3 Å². The molecule has 1 atom stereocenters. The van der Waals surface area contributed by atoms with Gasteiger partial charge < -0.3 is 19.1 Å². The molecule has 2 heterocycles. The average molecular weight is 507 g/mol. The van der Waals surface area contributed by atoms with Gasteiger partial charge >= 0.3 is 5.97 Å². The van der Waals surface area contributed by atoms with Crippen molar-refractivity contribution in [1.82, 2.24) is 9.29 Å². The lowest BCUT2D eigenvalue weighted by atomic mass is 9.99. The normalized spacial score (nSPS) is 15.1. The number of carboxylic acid groups (broad SMARTS) is 1. The third-order valence-corrected chi connectivity index (χ3v) is 7.01. The Balaban J connectivity index is 1.76. The minimum atomic E-state index is -3.14. The molecule has 10 heteroatoms. The van der Waals surface area contributed by atoms with Crippen LogP contribution in [0.2, 0.25) is 0 Å². The average Bonchev–Trinajstić information content (AvgIpc) is 2.94. The number of fused-ring (bicyclic) bond motifs is 3. The predicted molar refractivity (Wildman–Crippen MR) is 134 cm³/mol. The highest BCUT2D eigenvalue weighted by Gasteiger charge is 2.25. The number of aromatic nitrogens is 1. The van der Waals surface area contributed by atoms with E-state index in [2.05, 4.69) is 11.6 Å². The molecule has 9 nitrogen and oxygen atoms in total. The molecular weight excluding hydrogens is 472 g/mol. The smallest absolute Gasteiger partial charge is 0.341 e. The molecule has 1 aromatic carbocycles. The quantitative estimate of drug-likeness (QED) is 0.422. The highest BCUT2D eigenvalue weighted by atomic mass is 32.2. The number of pyridine rings is 1. The van der Waals surface area contributed by atoms with Crippen LogP contribution in [-0.4, -0.2) is 50.6 Å². The van der Waals surface area contributed by atoms with Crippen LogP contribution in [0.5, 0.6) is 11.5 Å². The Labute approximate surface area is 206 Å². The van der Waals surface area contributed by atoms with Gasteiger partial charge in [-0.3, -0.25) is 4.79 Å². The number of carbonyl (C=O) groups is 1. The van der Waals surface area contributed by atoms with Crippen molar-refractivity contribution < 1.29 is 27.8 Å². The maximum Gasteiger partial charge on any atom is 0.341 e. The van der Waals surface area contributed by atoms with E-state index in [1.54, 1.807) is 7.11 Å². The van der Waals surface area contributed by atoms with Crippen LogP contribution in [0.25, 0.3) is 11.3 Å². The molecule has 35 heavy (non-hydrogen) atoms. The van der Waals surface area contributed by atoms with E-state index in [4.69, 9.17) is 9.47 Å². The molecule has 1 aromatic heterocycles. The van der Waals surface area contributed by atoms with Crippen molar-refractivity contribution in [3.05, 3.63) is 45.7 Å². The van der Waals surface area contributed by atoms with Crippen LogP contribution in [0.1, 0.15) is 67.4 Å². The van der Waals surface area contributed by atoms with Crippen LogP contribution in [0.3, 0.4) is 0 Å². The van der Waals surface area contributed by atoms with Crippen LogP contribution in [-0.2, 0) is 16.4 Å². The van der Waals surface area contributed by atoms with E-state index in [0.29, 0.717) is 30.3 Å². The van der Waals surface area contributed by atoms with Gasteiger partial charge in [0.05, 0.1) is 25.7 Å². The molecule has 0 saturated carbocycles. The zero-order valence-electron chi connectivity index (χ0n) is 20.5. The van der Waals surface area contributed by atoms with Gasteiger partial charge in [0.15, 0.2) is 16.9 Å². The zero-order chi connectivity index (χ0) is 25.6. The number of aryl methyl sites for hydroxylation is 1. The van der Waals surface area contributed by atoms with Gasteiger partial charge in [0.2, 0.25) is 10.0 Å². The summed E-state index contributed by atoms with van der Waals surface area (Å²) in [5, 5.41) is 9.43. The molecule has 0 amide bonds. The first-order valence-electron chi connectivity index (χ1n) is 11.9. The first-order chi connectivity index (χ1) is 16.6. The number of sulfonamides is 1. The topological polar surface area (TPSA) is 124 Å². The second kappa shape index (κ2) is 11.7. The number of benzene rings is 1. The summed E-state index contributed by atoms with van der Waals surface area (Å²) in [6.07, 6.45) is 8.42. The summed E-state index contributed by atoms with van der Waals surface area (Å²) in [6.45, 7) is 3.00.